The van der Waals surface area contributed by atoms with Crippen molar-refractivity contribution in [2.75, 3.05) is 18.5 Å². The van der Waals surface area contributed by atoms with Crippen molar-refractivity contribution in [3.63, 3.8) is 0 Å². The first kappa shape index (κ1) is 23.0. The van der Waals surface area contributed by atoms with E-state index >= 15 is 0 Å². The van der Waals surface area contributed by atoms with Crippen LogP contribution in [0.4, 0.5) is 10.6 Å². The fourth-order valence-corrected chi connectivity index (χ4v) is 5.28. The zero-order chi connectivity index (χ0) is 23.1. The molecule has 1 aliphatic carbocycles. The normalized spacial score (nSPS) is 23.2. The summed E-state index contributed by atoms with van der Waals surface area (Å²) in [4.78, 5) is 23.5. The molecule has 0 spiro atoms. The van der Waals surface area contributed by atoms with Gasteiger partial charge < -0.3 is 19.7 Å². The number of likely N-dealkylation sites (tertiary alicyclic amines) is 1. The number of hydrogen-bond donors (Lipinski definition) is 1. The van der Waals surface area contributed by atoms with Crippen LogP contribution in [0.3, 0.4) is 0 Å². The molecule has 4 rings (SSSR count). The van der Waals surface area contributed by atoms with Crippen LogP contribution in [0.5, 0.6) is 0 Å². The molecule has 1 N–H and O–H groups in total. The Labute approximate surface area is 190 Å². The number of hydrogen-bond acceptors (Lipinski definition) is 7. The van der Waals surface area contributed by atoms with Crippen LogP contribution >= 0.6 is 0 Å². The van der Waals surface area contributed by atoms with Crippen molar-refractivity contribution in [2.24, 2.45) is 5.92 Å². The molecule has 3 heterocycles. The van der Waals surface area contributed by atoms with Crippen molar-refractivity contribution in [1.29, 1.82) is 0 Å². The molecule has 1 saturated heterocycles. The van der Waals surface area contributed by atoms with Crippen molar-refractivity contribution in [1.82, 2.24) is 24.6 Å². The molecule has 1 amide bonds. The lowest BCUT2D eigenvalue weighted by Crippen LogP contribution is -2.49. The molecule has 2 aliphatic rings. The van der Waals surface area contributed by atoms with Crippen molar-refractivity contribution in [3.8, 4) is 0 Å². The zero-order valence-corrected chi connectivity index (χ0v) is 21.1. The predicted molar refractivity (Wildman–Crippen MR) is 126 cm³/mol. The van der Waals surface area contributed by atoms with E-state index in [2.05, 4.69) is 40.0 Å². The van der Waals surface area contributed by atoms with E-state index in [9.17, 15) is 4.79 Å². The highest BCUT2D eigenvalue weighted by molar-refractivity contribution is 6.76. The van der Waals surface area contributed by atoms with Gasteiger partial charge in [0.05, 0.1) is 17.6 Å². The van der Waals surface area contributed by atoms with Gasteiger partial charge in [-0.3, -0.25) is 0 Å². The van der Waals surface area contributed by atoms with Crippen LogP contribution in [-0.4, -0.2) is 69.7 Å². The molecular formula is C22H36N6O3Si. The summed E-state index contributed by atoms with van der Waals surface area (Å²) in [6, 6.07) is 1.36. The minimum absolute atomic E-state index is 0.111. The lowest BCUT2D eigenvalue weighted by Gasteiger charge is -2.35. The van der Waals surface area contributed by atoms with Gasteiger partial charge in [0.1, 0.15) is 24.5 Å². The lowest BCUT2D eigenvalue weighted by molar-refractivity contribution is 0.0179. The first-order chi connectivity index (χ1) is 15.0. The molecule has 3 atom stereocenters. The number of piperidine rings is 1. The quantitative estimate of drug-likeness (QED) is 0.494. The third-order valence-electron chi connectivity index (χ3n) is 6.08. The Morgan fingerprint density at radius 2 is 2.03 bits per heavy atom. The Bertz CT molecular complexity index is 967. The van der Waals surface area contributed by atoms with Crippen LogP contribution in [-0.2, 0) is 16.2 Å². The van der Waals surface area contributed by atoms with Gasteiger partial charge >= 0.3 is 6.09 Å². The first-order valence-electron chi connectivity index (χ1n) is 11.5. The van der Waals surface area contributed by atoms with Crippen LogP contribution in [0.1, 0.15) is 33.6 Å². The first-order valence-corrected chi connectivity index (χ1v) is 15.2. The summed E-state index contributed by atoms with van der Waals surface area (Å²) in [5.41, 5.74) is 0.259. The summed E-state index contributed by atoms with van der Waals surface area (Å²) in [5, 5.41) is 8.91. The summed E-state index contributed by atoms with van der Waals surface area (Å²) < 4.78 is 13.3. The van der Waals surface area contributed by atoms with Crippen molar-refractivity contribution >= 4 is 31.0 Å². The van der Waals surface area contributed by atoms with Gasteiger partial charge in [-0.2, -0.15) is 5.10 Å². The fraction of sp³-hybridized carbons (Fsp3) is 0.727. The summed E-state index contributed by atoms with van der Waals surface area (Å²) in [6.07, 6.45) is 5.13. The smallest absolute Gasteiger partial charge is 0.410 e. The molecule has 0 aromatic carbocycles. The van der Waals surface area contributed by atoms with E-state index in [-0.39, 0.29) is 18.2 Å². The Morgan fingerprint density at radius 1 is 1.25 bits per heavy atom. The van der Waals surface area contributed by atoms with E-state index < -0.39 is 13.7 Å². The molecule has 176 valence electrons. The maximum absolute atomic E-state index is 12.7. The molecule has 9 nitrogen and oxygen atoms in total. The molecule has 2 bridgehead atoms. The highest BCUT2D eigenvalue weighted by Gasteiger charge is 2.48. The molecule has 2 aromatic rings. The Kier molecular flexibility index (Phi) is 6.19. The van der Waals surface area contributed by atoms with Crippen LogP contribution in [0.25, 0.3) is 11.0 Å². The molecule has 3 unspecified atom stereocenters. The second-order valence-electron chi connectivity index (χ2n) is 11.2. The van der Waals surface area contributed by atoms with Gasteiger partial charge in [-0.1, -0.05) is 19.6 Å². The summed E-state index contributed by atoms with van der Waals surface area (Å²) in [6.45, 7) is 14.6. The lowest BCUT2D eigenvalue weighted by atomic mass is 10.1. The zero-order valence-electron chi connectivity index (χ0n) is 20.1. The highest BCUT2D eigenvalue weighted by atomic mass is 28.3. The molecule has 1 aliphatic heterocycles. The SMILES string of the molecule is CC(C)(C)OC(=O)N1CC2CC(Nc3ncnc4c3cnn4COCC[Si](C)(C)C)C1C2. The monoisotopic (exact) mass is 460 g/mol. The van der Waals surface area contributed by atoms with Gasteiger partial charge in [0, 0.05) is 27.3 Å². The van der Waals surface area contributed by atoms with Gasteiger partial charge in [-0.15, -0.1) is 0 Å². The molecular weight excluding hydrogens is 424 g/mol. The minimum Gasteiger partial charge on any atom is -0.444 e. The number of aromatic nitrogens is 4. The third kappa shape index (κ3) is 5.23. The van der Waals surface area contributed by atoms with Crippen molar-refractivity contribution in [3.05, 3.63) is 12.5 Å². The number of amides is 1. The Balaban J connectivity index is 1.42. The average Bonchev–Trinajstić information content (AvgIpc) is 3.37. The Hall–Kier alpha value is -2.20. The Morgan fingerprint density at radius 3 is 2.72 bits per heavy atom. The molecule has 10 heteroatoms. The second kappa shape index (κ2) is 8.62. The number of nitrogens with one attached hydrogen (secondary N) is 1. The number of carbonyl (C=O) groups is 1. The minimum atomic E-state index is -1.12. The number of ether oxygens (including phenoxy) is 2. The summed E-state index contributed by atoms with van der Waals surface area (Å²) in [5.74, 6) is 1.25. The maximum Gasteiger partial charge on any atom is 0.410 e. The summed E-state index contributed by atoms with van der Waals surface area (Å²) in [7, 11) is -1.12. The van der Waals surface area contributed by atoms with E-state index in [4.69, 9.17) is 9.47 Å². The molecule has 0 radical (unpaired) electrons. The molecule has 2 fully saturated rings. The largest absolute Gasteiger partial charge is 0.444 e. The number of carbonyl (C=O) groups excluding carboxylic acids is 1. The van der Waals surface area contributed by atoms with Crippen LogP contribution < -0.4 is 5.32 Å². The number of nitrogens with zero attached hydrogens (tertiary/aromatic N) is 5. The molecule has 2 aromatic heterocycles. The maximum atomic E-state index is 12.7. The fourth-order valence-electron chi connectivity index (χ4n) is 4.52. The predicted octanol–water partition coefficient (Wildman–Crippen LogP) is 3.95. The average molecular weight is 461 g/mol. The van der Waals surface area contributed by atoms with E-state index in [1.54, 1.807) is 17.2 Å². The van der Waals surface area contributed by atoms with Crippen molar-refractivity contribution in [2.45, 2.75) is 83.7 Å². The van der Waals surface area contributed by atoms with E-state index in [0.29, 0.717) is 12.6 Å². The number of fused-ring (bicyclic) bond motifs is 3. The van der Waals surface area contributed by atoms with Crippen LogP contribution in [0, 0.1) is 5.92 Å². The topological polar surface area (TPSA) is 94.4 Å². The second-order valence-corrected chi connectivity index (χ2v) is 16.9. The van der Waals surface area contributed by atoms with Crippen LogP contribution in [0.15, 0.2) is 12.5 Å². The van der Waals surface area contributed by atoms with Crippen LogP contribution in [0.2, 0.25) is 25.7 Å². The van der Waals surface area contributed by atoms with Gasteiger partial charge in [0.25, 0.3) is 0 Å². The van der Waals surface area contributed by atoms with E-state index in [1.165, 1.54) is 0 Å². The van der Waals surface area contributed by atoms with E-state index in [0.717, 1.165) is 48.9 Å². The molecule has 32 heavy (non-hydrogen) atoms. The van der Waals surface area contributed by atoms with Gasteiger partial charge in [0.2, 0.25) is 0 Å². The highest BCUT2D eigenvalue weighted by Crippen LogP contribution is 2.40. The summed E-state index contributed by atoms with van der Waals surface area (Å²) >= 11 is 0. The van der Waals surface area contributed by atoms with Gasteiger partial charge in [-0.25, -0.2) is 19.4 Å². The molecule has 1 saturated carbocycles. The van der Waals surface area contributed by atoms with Gasteiger partial charge in [-0.05, 0) is 45.6 Å². The van der Waals surface area contributed by atoms with Gasteiger partial charge in [0.15, 0.2) is 5.65 Å². The van der Waals surface area contributed by atoms with E-state index in [1.807, 2.05) is 25.7 Å². The third-order valence-corrected chi connectivity index (χ3v) is 7.78. The number of rotatable bonds is 7. The standard InChI is InChI=1S/C22H36N6O3Si/c1-22(2,3)31-21(29)27-12-15-9-17(18(27)10-15)26-19-16-11-25-28(20(16)24-13-23-19)14-30-7-8-32(4,5)6/h11,13,15,17-18H,7-10,12,14H2,1-6H3,(H,23,24,26). The number of anilines is 1. The van der Waals surface area contributed by atoms with Crippen molar-refractivity contribution < 1.29 is 14.3 Å².